The van der Waals surface area contributed by atoms with Gasteiger partial charge >= 0.3 is 6.09 Å². The molecule has 2 atom stereocenters. The second kappa shape index (κ2) is 5.97. The third-order valence-corrected chi connectivity index (χ3v) is 3.07. The Morgan fingerprint density at radius 2 is 2.20 bits per heavy atom. The van der Waals surface area contributed by atoms with Crippen LogP contribution in [0.3, 0.4) is 0 Å². The predicted octanol–water partition coefficient (Wildman–Crippen LogP) is 0.137. The number of hydrogen-bond acceptors (Lipinski definition) is 5. The van der Waals surface area contributed by atoms with Crippen molar-refractivity contribution in [3.05, 3.63) is 0 Å². The van der Waals surface area contributed by atoms with Gasteiger partial charge in [-0.25, -0.2) is 4.79 Å². The molecular formula is C13H22N2O5. The Balaban J connectivity index is 2.02. The van der Waals surface area contributed by atoms with Crippen molar-refractivity contribution in [3.63, 3.8) is 0 Å². The summed E-state index contributed by atoms with van der Waals surface area (Å²) in [5, 5.41) is 2.83. The van der Waals surface area contributed by atoms with Crippen LogP contribution in [-0.2, 0) is 19.0 Å². The molecule has 20 heavy (non-hydrogen) atoms. The smallest absolute Gasteiger partial charge is 0.410 e. The van der Waals surface area contributed by atoms with Crippen LogP contribution >= 0.6 is 0 Å². The van der Waals surface area contributed by atoms with Gasteiger partial charge in [0.15, 0.2) is 0 Å². The average molecular weight is 286 g/mol. The maximum absolute atomic E-state index is 12.1. The number of amides is 2. The second-order valence-electron chi connectivity index (χ2n) is 6.02. The lowest BCUT2D eigenvalue weighted by atomic mass is 10.1. The Bertz CT molecular complexity index is 379. The third kappa shape index (κ3) is 4.08. The summed E-state index contributed by atoms with van der Waals surface area (Å²) >= 11 is 0. The Kier molecular flexibility index (Phi) is 4.49. The van der Waals surface area contributed by atoms with E-state index in [1.807, 2.05) is 20.8 Å². The lowest BCUT2D eigenvalue weighted by molar-refractivity contribution is -0.124. The van der Waals surface area contributed by atoms with Crippen molar-refractivity contribution >= 4 is 12.0 Å². The average Bonchev–Trinajstić information content (AvgIpc) is 2.58. The van der Waals surface area contributed by atoms with E-state index >= 15 is 0 Å². The molecule has 114 valence electrons. The molecule has 7 nitrogen and oxygen atoms in total. The number of rotatable bonds is 0. The molecule has 2 aliphatic rings. The predicted molar refractivity (Wildman–Crippen MR) is 70.3 cm³/mol. The molecule has 0 spiro atoms. The fourth-order valence-corrected chi connectivity index (χ4v) is 2.19. The number of carbonyl (C=O) groups is 2. The first-order valence-corrected chi connectivity index (χ1v) is 6.82. The van der Waals surface area contributed by atoms with Crippen molar-refractivity contribution < 1.29 is 23.8 Å². The first kappa shape index (κ1) is 15.1. The molecule has 0 saturated carbocycles. The van der Waals surface area contributed by atoms with Crippen LogP contribution < -0.4 is 5.32 Å². The summed E-state index contributed by atoms with van der Waals surface area (Å²) in [5.41, 5.74) is -0.542. The van der Waals surface area contributed by atoms with Gasteiger partial charge in [0.05, 0.1) is 19.3 Å². The minimum Gasteiger partial charge on any atom is -0.444 e. The topological polar surface area (TPSA) is 77.1 Å². The van der Waals surface area contributed by atoms with Crippen molar-refractivity contribution in [3.8, 4) is 0 Å². The molecule has 2 unspecified atom stereocenters. The van der Waals surface area contributed by atoms with Crippen molar-refractivity contribution in [1.29, 1.82) is 0 Å². The van der Waals surface area contributed by atoms with Crippen LogP contribution in [0.1, 0.15) is 20.8 Å². The highest BCUT2D eigenvalue weighted by Crippen LogP contribution is 2.15. The molecule has 2 saturated heterocycles. The lowest BCUT2D eigenvalue weighted by Gasteiger charge is -2.28. The Labute approximate surface area is 118 Å². The zero-order valence-electron chi connectivity index (χ0n) is 12.2. The molecule has 2 fully saturated rings. The summed E-state index contributed by atoms with van der Waals surface area (Å²) in [4.78, 5) is 25.2. The molecule has 2 rings (SSSR count). The maximum Gasteiger partial charge on any atom is 0.410 e. The largest absolute Gasteiger partial charge is 0.444 e. The quantitative estimate of drug-likeness (QED) is 0.685. The van der Waals surface area contributed by atoms with E-state index in [9.17, 15) is 9.59 Å². The van der Waals surface area contributed by atoms with E-state index in [-0.39, 0.29) is 30.8 Å². The standard InChI is InChI=1S/C13H22N2O5/c1-13(2,3)20-12(17)15-4-5-19-10-7-18-8-11(16)14-9(10)6-15/h9-10H,4-8H2,1-3H3,(H,14,16). The summed E-state index contributed by atoms with van der Waals surface area (Å²) in [6, 6.07) is -0.264. The molecule has 0 aromatic carbocycles. The van der Waals surface area contributed by atoms with E-state index in [2.05, 4.69) is 5.32 Å². The number of ether oxygens (including phenoxy) is 3. The maximum atomic E-state index is 12.1. The highest BCUT2D eigenvalue weighted by Gasteiger charge is 2.34. The van der Waals surface area contributed by atoms with Crippen molar-refractivity contribution in [2.75, 3.05) is 32.9 Å². The van der Waals surface area contributed by atoms with Crippen LogP contribution in [0.15, 0.2) is 0 Å². The van der Waals surface area contributed by atoms with Crippen molar-refractivity contribution in [1.82, 2.24) is 10.2 Å². The lowest BCUT2D eigenvalue weighted by Crippen LogP contribution is -2.50. The first-order chi connectivity index (χ1) is 9.35. The van der Waals surface area contributed by atoms with Gasteiger partial charge in [0.1, 0.15) is 18.3 Å². The second-order valence-corrected chi connectivity index (χ2v) is 6.02. The molecule has 0 radical (unpaired) electrons. The van der Waals surface area contributed by atoms with Gasteiger partial charge in [-0.2, -0.15) is 0 Å². The molecule has 1 N–H and O–H groups in total. The van der Waals surface area contributed by atoms with E-state index in [4.69, 9.17) is 14.2 Å². The molecule has 0 bridgehead atoms. The van der Waals surface area contributed by atoms with E-state index in [1.165, 1.54) is 0 Å². The van der Waals surface area contributed by atoms with Gasteiger partial charge in [-0.1, -0.05) is 0 Å². The van der Waals surface area contributed by atoms with Gasteiger partial charge in [0, 0.05) is 13.1 Å². The Hall–Kier alpha value is -1.34. The minimum atomic E-state index is -0.542. The summed E-state index contributed by atoms with van der Waals surface area (Å²) in [7, 11) is 0. The van der Waals surface area contributed by atoms with Crippen molar-refractivity contribution in [2.24, 2.45) is 0 Å². The van der Waals surface area contributed by atoms with E-state index in [0.717, 1.165) is 0 Å². The highest BCUT2D eigenvalue weighted by molar-refractivity contribution is 5.78. The van der Waals surface area contributed by atoms with E-state index < -0.39 is 5.60 Å². The SMILES string of the molecule is CC(C)(C)OC(=O)N1CCOC2COCC(=O)NC2C1. The molecule has 7 heteroatoms. The van der Waals surface area contributed by atoms with Crippen molar-refractivity contribution in [2.45, 2.75) is 38.5 Å². The minimum absolute atomic E-state index is 0.0306. The van der Waals surface area contributed by atoms with Gasteiger partial charge in [0.25, 0.3) is 0 Å². The zero-order valence-corrected chi connectivity index (χ0v) is 12.2. The molecule has 0 aliphatic carbocycles. The third-order valence-electron chi connectivity index (χ3n) is 3.07. The highest BCUT2D eigenvalue weighted by atomic mass is 16.6. The van der Waals surface area contributed by atoms with Crippen LogP contribution in [-0.4, -0.2) is 67.6 Å². The molecule has 2 aliphatic heterocycles. The molecule has 2 heterocycles. The monoisotopic (exact) mass is 286 g/mol. The Morgan fingerprint density at radius 3 is 2.90 bits per heavy atom. The normalized spacial score (nSPS) is 27.9. The first-order valence-electron chi connectivity index (χ1n) is 6.82. The summed E-state index contributed by atoms with van der Waals surface area (Å²) < 4.78 is 16.3. The van der Waals surface area contributed by atoms with Crippen LogP contribution in [0, 0.1) is 0 Å². The molecular weight excluding hydrogens is 264 g/mol. The summed E-state index contributed by atoms with van der Waals surface area (Å²) in [5.74, 6) is -0.188. The van der Waals surface area contributed by atoms with Crippen LogP contribution in [0.4, 0.5) is 4.79 Å². The number of nitrogens with zero attached hydrogens (tertiary/aromatic N) is 1. The van der Waals surface area contributed by atoms with Gasteiger partial charge in [-0.05, 0) is 20.8 Å². The van der Waals surface area contributed by atoms with Crippen LogP contribution in [0.25, 0.3) is 0 Å². The number of nitrogens with one attached hydrogen (secondary N) is 1. The fourth-order valence-electron chi connectivity index (χ4n) is 2.19. The zero-order chi connectivity index (χ0) is 14.8. The summed E-state index contributed by atoms with van der Waals surface area (Å²) in [6.45, 7) is 7.07. The van der Waals surface area contributed by atoms with Gasteiger partial charge in [0.2, 0.25) is 5.91 Å². The van der Waals surface area contributed by atoms with Gasteiger partial charge in [-0.3, -0.25) is 4.79 Å². The molecule has 0 aromatic rings. The van der Waals surface area contributed by atoms with E-state index in [0.29, 0.717) is 26.3 Å². The Morgan fingerprint density at radius 1 is 1.45 bits per heavy atom. The van der Waals surface area contributed by atoms with Crippen LogP contribution in [0.2, 0.25) is 0 Å². The fraction of sp³-hybridized carbons (Fsp3) is 0.846. The summed E-state index contributed by atoms with van der Waals surface area (Å²) in [6.07, 6.45) is -0.616. The van der Waals surface area contributed by atoms with Gasteiger partial charge < -0.3 is 24.4 Å². The number of carbonyl (C=O) groups excluding carboxylic acids is 2. The van der Waals surface area contributed by atoms with E-state index in [1.54, 1.807) is 4.90 Å². The van der Waals surface area contributed by atoms with Gasteiger partial charge in [-0.15, -0.1) is 0 Å². The van der Waals surface area contributed by atoms with Crippen LogP contribution in [0.5, 0.6) is 0 Å². The molecule has 0 aromatic heterocycles. The molecule has 2 amide bonds. The number of fused-ring (bicyclic) bond motifs is 1. The number of hydrogen-bond donors (Lipinski definition) is 1.